The van der Waals surface area contributed by atoms with Gasteiger partial charge in [-0.3, -0.25) is 0 Å². The average molecular weight is 351 g/mol. The summed E-state index contributed by atoms with van der Waals surface area (Å²) in [5, 5.41) is 25.7. The minimum atomic E-state index is -0.334. The summed E-state index contributed by atoms with van der Waals surface area (Å²) >= 11 is 0. The molecule has 1 aliphatic carbocycles. The normalized spacial score (nSPS) is 20.7. The van der Waals surface area contributed by atoms with Gasteiger partial charge < -0.3 is 15.7 Å². The third-order valence-electron chi connectivity index (χ3n) is 5.22. The minimum absolute atomic E-state index is 0.0830. The van der Waals surface area contributed by atoms with Crippen molar-refractivity contribution in [3.8, 4) is 6.07 Å². The number of aliphatic hydroxyl groups is 1. The summed E-state index contributed by atoms with van der Waals surface area (Å²) in [7, 11) is 0. The second kappa shape index (κ2) is 7.30. The molecule has 0 spiro atoms. The van der Waals surface area contributed by atoms with Crippen molar-refractivity contribution in [3.05, 3.63) is 47.2 Å². The highest BCUT2D eigenvalue weighted by molar-refractivity contribution is 5.54. The predicted octanol–water partition coefficient (Wildman–Crippen LogP) is 2.88. The standard InChI is InChI=1S/C20H25N5O/c1-13-5-4-6-14(9-13)7-8-22-19-23-12-15(11-21)18(25-19)24-16-10-17(26)20(16,2)3/h4-6,9,12,16-17,26H,7-8,10H2,1-3H3,(H2,22,23,24,25)/t16-,17+/m1/s1. The first kappa shape index (κ1) is 18.2. The zero-order valence-corrected chi connectivity index (χ0v) is 15.5. The van der Waals surface area contributed by atoms with Crippen molar-refractivity contribution in [1.82, 2.24) is 9.97 Å². The summed E-state index contributed by atoms with van der Waals surface area (Å²) in [6.07, 6.45) is 2.72. The number of hydrogen-bond donors (Lipinski definition) is 3. The molecule has 1 saturated carbocycles. The Bertz CT molecular complexity index is 827. The third-order valence-corrected chi connectivity index (χ3v) is 5.22. The van der Waals surface area contributed by atoms with Crippen molar-refractivity contribution >= 4 is 11.8 Å². The van der Waals surface area contributed by atoms with E-state index in [0.717, 1.165) is 6.42 Å². The molecule has 1 aliphatic rings. The number of aryl methyl sites for hydroxylation is 1. The Morgan fingerprint density at radius 3 is 2.85 bits per heavy atom. The maximum Gasteiger partial charge on any atom is 0.224 e. The smallest absolute Gasteiger partial charge is 0.224 e. The Morgan fingerprint density at radius 1 is 1.38 bits per heavy atom. The summed E-state index contributed by atoms with van der Waals surface area (Å²) in [4.78, 5) is 8.69. The Kier molecular flexibility index (Phi) is 5.10. The van der Waals surface area contributed by atoms with Gasteiger partial charge in [-0.1, -0.05) is 43.7 Å². The molecule has 26 heavy (non-hydrogen) atoms. The van der Waals surface area contributed by atoms with E-state index in [1.807, 2.05) is 13.8 Å². The van der Waals surface area contributed by atoms with Crippen LogP contribution < -0.4 is 10.6 Å². The number of aromatic nitrogens is 2. The predicted molar refractivity (Wildman–Crippen MR) is 102 cm³/mol. The molecule has 2 atom stereocenters. The van der Waals surface area contributed by atoms with Crippen LogP contribution in [0.4, 0.5) is 11.8 Å². The Balaban J connectivity index is 1.65. The molecule has 1 aromatic carbocycles. The van der Waals surface area contributed by atoms with E-state index in [1.165, 1.54) is 17.3 Å². The van der Waals surface area contributed by atoms with Gasteiger partial charge in [0.05, 0.1) is 12.3 Å². The molecule has 0 saturated heterocycles. The fourth-order valence-corrected chi connectivity index (χ4v) is 3.16. The fraction of sp³-hybridized carbons (Fsp3) is 0.450. The van der Waals surface area contributed by atoms with Crippen LogP contribution in [0, 0.1) is 23.7 Å². The van der Waals surface area contributed by atoms with Gasteiger partial charge in [-0.15, -0.1) is 0 Å². The average Bonchev–Trinajstić information content (AvgIpc) is 2.62. The lowest BCUT2D eigenvalue weighted by molar-refractivity contribution is -0.0511. The van der Waals surface area contributed by atoms with E-state index in [-0.39, 0.29) is 17.6 Å². The quantitative estimate of drug-likeness (QED) is 0.741. The molecule has 3 N–H and O–H groups in total. The third kappa shape index (κ3) is 3.78. The Morgan fingerprint density at radius 2 is 2.19 bits per heavy atom. The zero-order chi connectivity index (χ0) is 18.7. The van der Waals surface area contributed by atoms with Crippen molar-refractivity contribution in [2.45, 2.75) is 45.8 Å². The molecule has 1 fully saturated rings. The summed E-state index contributed by atoms with van der Waals surface area (Å²) in [5.74, 6) is 1.02. The first-order valence-electron chi connectivity index (χ1n) is 8.91. The molecule has 0 radical (unpaired) electrons. The van der Waals surface area contributed by atoms with E-state index < -0.39 is 0 Å². The van der Waals surface area contributed by atoms with E-state index in [1.54, 1.807) is 0 Å². The molecule has 2 aromatic rings. The number of hydrogen-bond acceptors (Lipinski definition) is 6. The molecule has 136 valence electrons. The largest absolute Gasteiger partial charge is 0.392 e. The Labute approximate surface area is 154 Å². The van der Waals surface area contributed by atoms with Crippen LogP contribution in [0.5, 0.6) is 0 Å². The topological polar surface area (TPSA) is 93.9 Å². The van der Waals surface area contributed by atoms with Gasteiger partial charge in [-0.25, -0.2) is 4.98 Å². The van der Waals surface area contributed by atoms with Crippen LogP contribution in [0.1, 0.15) is 37.0 Å². The number of nitrogens with zero attached hydrogens (tertiary/aromatic N) is 3. The number of benzene rings is 1. The van der Waals surface area contributed by atoms with Crippen LogP contribution in [0.3, 0.4) is 0 Å². The lowest BCUT2D eigenvalue weighted by Crippen LogP contribution is -2.57. The monoisotopic (exact) mass is 351 g/mol. The first-order chi connectivity index (χ1) is 12.4. The highest BCUT2D eigenvalue weighted by Gasteiger charge is 2.47. The van der Waals surface area contributed by atoms with Crippen LogP contribution in [0.25, 0.3) is 0 Å². The summed E-state index contributed by atoms with van der Waals surface area (Å²) in [6, 6.07) is 10.6. The van der Waals surface area contributed by atoms with Crippen LogP contribution in [0.15, 0.2) is 30.5 Å². The highest BCUT2D eigenvalue weighted by Crippen LogP contribution is 2.42. The molecule has 3 rings (SSSR count). The van der Waals surface area contributed by atoms with Crippen molar-refractivity contribution in [1.29, 1.82) is 5.26 Å². The molecule has 0 unspecified atom stereocenters. The number of anilines is 2. The molecular formula is C20H25N5O. The van der Waals surface area contributed by atoms with Gasteiger partial charge in [0.25, 0.3) is 0 Å². The molecule has 1 heterocycles. The minimum Gasteiger partial charge on any atom is -0.392 e. The molecule has 6 heteroatoms. The fourth-order valence-electron chi connectivity index (χ4n) is 3.16. The van der Waals surface area contributed by atoms with E-state index in [9.17, 15) is 10.4 Å². The molecule has 0 aliphatic heterocycles. The first-order valence-corrected chi connectivity index (χ1v) is 8.91. The molecular weight excluding hydrogens is 326 g/mol. The van der Waals surface area contributed by atoms with Crippen LogP contribution >= 0.6 is 0 Å². The van der Waals surface area contributed by atoms with E-state index >= 15 is 0 Å². The van der Waals surface area contributed by atoms with Crippen LogP contribution in [-0.2, 0) is 6.42 Å². The molecule has 1 aromatic heterocycles. The van der Waals surface area contributed by atoms with E-state index in [4.69, 9.17) is 0 Å². The van der Waals surface area contributed by atoms with E-state index in [2.05, 4.69) is 57.9 Å². The summed E-state index contributed by atoms with van der Waals surface area (Å²) in [5.41, 5.74) is 2.67. The van der Waals surface area contributed by atoms with Gasteiger partial charge >= 0.3 is 0 Å². The van der Waals surface area contributed by atoms with Crippen molar-refractivity contribution < 1.29 is 5.11 Å². The summed E-state index contributed by atoms with van der Waals surface area (Å²) < 4.78 is 0. The maximum atomic E-state index is 9.90. The van der Waals surface area contributed by atoms with E-state index in [0.29, 0.717) is 30.3 Å². The van der Waals surface area contributed by atoms with Gasteiger partial charge in [-0.2, -0.15) is 10.2 Å². The van der Waals surface area contributed by atoms with Gasteiger partial charge in [0.1, 0.15) is 17.5 Å². The van der Waals surface area contributed by atoms with Crippen LogP contribution in [0.2, 0.25) is 0 Å². The highest BCUT2D eigenvalue weighted by atomic mass is 16.3. The van der Waals surface area contributed by atoms with Gasteiger partial charge in [0.2, 0.25) is 5.95 Å². The molecule has 6 nitrogen and oxygen atoms in total. The van der Waals surface area contributed by atoms with Gasteiger partial charge in [0, 0.05) is 18.0 Å². The van der Waals surface area contributed by atoms with Crippen molar-refractivity contribution in [2.75, 3.05) is 17.2 Å². The molecule has 0 amide bonds. The van der Waals surface area contributed by atoms with Crippen molar-refractivity contribution in [3.63, 3.8) is 0 Å². The van der Waals surface area contributed by atoms with Crippen molar-refractivity contribution in [2.24, 2.45) is 5.41 Å². The number of aliphatic hydroxyl groups excluding tert-OH is 1. The molecule has 0 bridgehead atoms. The number of nitriles is 1. The lowest BCUT2D eigenvalue weighted by Gasteiger charge is -2.49. The zero-order valence-electron chi connectivity index (χ0n) is 15.5. The second-order valence-corrected chi connectivity index (χ2v) is 7.50. The van der Waals surface area contributed by atoms with Gasteiger partial charge in [-0.05, 0) is 25.3 Å². The number of rotatable bonds is 6. The SMILES string of the molecule is Cc1cccc(CCNc2ncc(C#N)c(N[C@@H]3C[C@H](O)C3(C)C)n2)c1. The maximum absolute atomic E-state index is 9.90. The number of nitrogens with one attached hydrogen (secondary N) is 2. The van der Waals surface area contributed by atoms with Crippen LogP contribution in [-0.4, -0.2) is 33.8 Å². The summed E-state index contributed by atoms with van der Waals surface area (Å²) in [6.45, 7) is 6.81. The van der Waals surface area contributed by atoms with Gasteiger partial charge in [0.15, 0.2) is 0 Å². The Hall–Kier alpha value is -2.65. The lowest BCUT2D eigenvalue weighted by atomic mass is 9.64. The second-order valence-electron chi connectivity index (χ2n) is 7.50.